The Kier molecular flexibility index (Phi) is 2.66. The molecule has 2 N–H and O–H groups in total. The summed E-state index contributed by atoms with van der Waals surface area (Å²) >= 11 is 0. The smallest absolute Gasteiger partial charge is 0.189 e. The molecule has 0 radical (unpaired) electrons. The van der Waals surface area contributed by atoms with Gasteiger partial charge in [-0.1, -0.05) is 6.07 Å². The van der Waals surface area contributed by atoms with Crippen LogP contribution in [0.25, 0.3) is 27.3 Å². The topological polar surface area (TPSA) is 45.1 Å². The number of nitrogens with one attached hydrogen (secondary N) is 2. The van der Waals surface area contributed by atoms with Crippen LogP contribution < -0.4 is 5.32 Å². The fraction of sp³-hybridized carbons (Fsp3) is 0.0667. The number of fused-ring (bicyclic) bond motifs is 1. The fourth-order valence-electron chi connectivity index (χ4n) is 2.00. The van der Waals surface area contributed by atoms with Crippen molar-refractivity contribution in [2.45, 2.75) is 0 Å². The predicted octanol–water partition coefficient (Wildman–Crippen LogP) is 3.82. The zero-order chi connectivity index (χ0) is 13.2. The SMILES string of the molecule is [C-]#[N+]c1ccc2nc(-c3ccc(NC)cc3)[nH]c2c1. The maximum absolute atomic E-state index is 7.02. The monoisotopic (exact) mass is 248 g/mol. The summed E-state index contributed by atoms with van der Waals surface area (Å²) in [5.74, 6) is 0.819. The maximum Gasteiger partial charge on any atom is 0.189 e. The number of H-pyrrole nitrogens is 1. The van der Waals surface area contributed by atoms with Crippen LogP contribution in [0.5, 0.6) is 0 Å². The van der Waals surface area contributed by atoms with Crippen LogP contribution in [0, 0.1) is 6.57 Å². The van der Waals surface area contributed by atoms with E-state index in [2.05, 4.69) is 20.1 Å². The lowest BCUT2D eigenvalue weighted by atomic mass is 10.2. The number of nitrogens with zero attached hydrogens (tertiary/aromatic N) is 2. The third kappa shape index (κ3) is 2.02. The molecule has 0 aliphatic carbocycles. The van der Waals surface area contributed by atoms with E-state index in [0.717, 1.165) is 28.1 Å². The van der Waals surface area contributed by atoms with Crippen LogP contribution in [0.3, 0.4) is 0 Å². The Morgan fingerprint density at radius 2 is 1.95 bits per heavy atom. The Balaban J connectivity index is 2.07. The summed E-state index contributed by atoms with van der Waals surface area (Å²) < 4.78 is 0. The molecule has 0 unspecified atom stereocenters. The first-order chi connectivity index (χ1) is 9.30. The van der Waals surface area contributed by atoms with E-state index in [1.807, 2.05) is 43.4 Å². The molecule has 0 saturated carbocycles. The summed E-state index contributed by atoms with van der Waals surface area (Å²) in [6.07, 6.45) is 0. The van der Waals surface area contributed by atoms with Gasteiger partial charge in [0.25, 0.3) is 0 Å². The number of imidazole rings is 1. The van der Waals surface area contributed by atoms with E-state index in [1.165, 1.54) is 0 Å². The van der Waals surface area contributed by atoms with Crippen molar-refractivity contribution in [1.82, 2.24) is 9.97 Å². The molecule has 3 aromatic rings. The van der Waals surface area contributed by atoms with Gasteiger partial charge in [0.05, 0.1) is 17.6 Å². The van der Waals surface area contributed by atoms with E-state index in [1.54, 1.807) is 6.07 Å². The largest absolute Gasteiger partial charge is 0.388 e. The third-order valence-electron chi connectivity index (χ3n) is 3.04. The lowest BCUT2D eigenvalue weighted by Gasteiger charge is -2.00. The molecule has 4 nitrogen and oxygen atoms in total. The van der Waals surface area contributed by atoms with Gasteiger partial charge in [-0.2, -0.15) is 0 Å². The van der Waals surface area contributed by atoms with Crippen molar-refractivity contribution >= 4 is 22.4 Å². The normalized spacial score (nSPS) is 10.3. The number of hydrogen-bond acceptors (Lipinski definition) is 2. The number of aromatic nitrogens is 2. The Morgan fingerprint density at radius 3 is 2.63 bits per heavy atom. The first kappa shape index (κ1) is 11.3. The quantitative estimate of drug-likeness (QED) is 0.677. The number of benzene rings is 2. The van der Waals surface area contributed by atoms with Gasteiger partial charge < -0.3 is 10.3 Å². The second-order valence-electron chi connectivity index (χ2n) is 4.23. The van der Waals surface area contributed by atoms with Crippen LogP contribution in [0.2, 0.25) is 0 Å². The average Bonchev–Trinajstić information content (AvgIpc) is 2.90. The van der Waals surface area contributed by atoms with Gasteiger partial charge in [-0.3, -0.25) is 0 Å². The van der Waals surface area contributed by atoms with Crippen LogP contribution in [0.1, 0.15) is 0 Å². The van der Waals surface area contributed by atoms with Crippen LogP contribution in [0.15, 0.2) is 42.5 Å². The molecule has 0 atom stereocenters. The highest BCUT2D eigenvalue weighted by Gasteiger charge is 2.05. The zero-order valence-electron chi connectivity index (χ0n) is 10.4. The zero-order valence-corrected chi connectivity index (χ0v) is 10.4. The van der Waals surface area contributed by atoms with Crippen molar-refractivity contribution in [3.8, 4) is 11.4 Å². The predicted molar refractivity (Wildman–Crippen MR) is 77.3 cm³/mol. The molecule has 0 bridgehead atoms. The van der Waals surface area contributed by atoms with Crippen molar-refractivity contribution < 1.29 is 0 Å². The summed E-state index contributed by atoms with van der Waals surface area (Å²) in [7, 11) is 1.89. The van der Waals surface area contributed by atoms with E-state index in [4.69, 9.17) is 6.57 Å². The van der Waals surface area contributed by atoms with Crippen LogP contribution in [0.4, 0.5) is 11.4 Å². The molecule has 19 heavy (non-hydrogen) atoms. The van der Waals surface area contributed by atoms with Crippen LogP contribution >= 0.6 is 0 Å². The molecule has 3 rings (SSSR count). The molecule has 4 heteroatoms. The van der Waals surface area contributed by atoms with Gasteiger partial charge in [0.2, 0.25) is 0 Å². The molecule has 1 aromatic heterocycles. The molecule has 2 aromatic carbocycles. The minimum atomic E-state index is 0.619. The maximum atomic E-state index is 7.02. The van der Waals surface area contributed by atoms with Gasteiger partial charge in [-0.05, 0) is 36.4 Å². The van der Waals surface area contributed by atoms with E-state index in [9.17, 15) is 0 Å². The Hall–Kier alpha value is -2.80. The third-order valence-corrected chi connectivity index (χ3v) is 3.04. The summed E-state index contributed by atoms with van der Waals surface area (Å²) in [5.41, 5.74) is 4.48. The molecule has 0 saturated heterocycles. The van der Waals surface area contributed by atoms with Crippen molar-refractivity contribution in [2.75, 3.05) is 12.4 Å². The van der Waals surface area contributed by atoms with Gasteiger partial charge in [0, 0.05) is 18.3 Å². The molecule has 0 amide bonds. The summed E-state index contributed by atoms with van der Waals surface area (Å²) in [5, 5.41) is 3.08. The highest BCUT2D eigenvalue weighted by molar-refractivity contribution is 5.83. The van der Waals surface area contributed by atoms with Gasteiger partial charge >= 0.3 is 0 Å². The number of hydrogen-bond donors (Lipinski definition) is 2. The van der Waals surface area contributed by atoms with Crippen molar-refractivity contribution in [3.63, 3.8) is 0 Å². The number of rotatable bonds is 2. The summed E-state index contributed by atoms with van der Waals surface area (Å²) in [6, 6.07) is 13.5. The molecular formula is C15H12N4. The lowest BCUT2D eigenvalue weighted by Crippen LogP contribution is -1.87. The van der Waals surface area contributed by atoms with Gasteiger partial charge in [-0.25, -0.2) is 9.83 Å². The molecular weight excluding hydrogens is 236 g/mol. The minimum Gasteiger partial charge on any atom is -0.388 e. The fourth-order valence-corrected chi connectivity index (χ4v) is 2.00. The Morgan fingerprint density at radius 1 is 1.16 bits per heavy atom. The molecule has 92 valence electrons. The first-order valence-electron chi connectivity index (χ1n) is 5.95. The highest BCUT2D eigenvalue weighted by atomic mass is 14.9. The second-order valence-corrected chi connectivity index (χ2v) is 4.23. The number of aromatic amines is 1. The molecule has 0 fully saturated rings. The number of anilines is 1. The van der Waals surface area contributed by atoms with E-state index in [0.29, 0.717) is 5.69 Å². The van der Waals surface area contributed by atoms with Crippen molar-refractivity contribution in [3.05, 3.63) is 53.9 Å². The molecule has 0 aliphatic rings. The average molecular weight is 248 g/mol. The molecule has 1 heterocycles. The summed E-state index contributed by atoms with van der Waals surface area (Å²) in [4.78, 5) is 11.2. The molecule has 0 aliphatic heterocycles. The highest BCUT2D eigenvalue weighted by Crippen LogP contribution is 2.24. The second kappa shape index (κ2) is 4.46. The van der Waals surface area contributed by atoms with Crippen molar-refractivity contribution in [2.24, 2.45) is 0 Å². The Labute approximate surface area is 110 Å². The Bertz CT molecular complexity index is 763. The minimum absolute atomic E-state index is 0.619. The summed E-state index contributed by atoms with van der Waals surface area (Å²) in [6.45, 7) is 7.02. The van der Waals surface area contributed by atoms with Crippen LogP contribution in [-0.2, 0) is 0 Å². The van der Waals surface area contributed by atoms with Gasteiger partial charge in [0.15, 0.2) is 5.69 Å². The van der Waals surface area contributed by atoms with Crippen molar-refractivity contribution in [1.29, 1.82) is 0 Å². The van der Waals surface area contributed by atoms with E-state index in [-0.39, 0.29) is 0 Å². The van der Waals surface area contributed by atoms with Gasteiger partial charge in [-0.15, -0.1) is 0 Å². The van der Waals surface area contributed by atoms with E-state index >= 15 is 0 Å². The first-order valence-corrected chi connectivity index (χ1v) is 5.95. The van der Waals surface area contributed by atoms with Gasteiger partial charge in [0.1, 0.15) is 5.82 Å². The lowest BCUT2D eigenvalue weighted by molar-refractivity contribution is 1.33. The van der Waals surface area contributed by atoms with Crippen LogP contribution in [-0.4, -0.2) is 17.0 Å². The molecule has 0 spiro atoms. The van der Waals surface area contributed by atoms with E-state index < -0.39 is 0 Å². The standard InChI is InChI=1S/C15H12N4/c1-16-11-5-3-10(4-6-11)15-18-13-8-7-12(17-2)9-14(13)19-15/h3-9,16H,1H3,(H,18,19).